The summed E-state index contributed by atoms with van der Waals surface area (Å²) in [5, 5.41) is 7.56. The molecule has 1 aromatic carbocycles. The fourth-order valence-electron chi connectivity index (χ4n) is 2.26. The molecule has 0 bridgehead atoms. The van der Waals surface area contributed by atoms with Crippen LogP contribution in [-0.2, 0) is 11.8 Å². The third-order valence-corrected chi connectivity index (χ3v) is 3.83. The predicted molar refractivity (Wildman–Crippen MR) is 94.2 cm³/mol. The first kappa shape index (κ1) is 18.0. The Labute approximate surface area is 146 Å². The molecule has 1 heterocycles. The van der Waals surface area contributed by atoms with Crippen molar-refractivity contribution in [3.05, 3.63) is 46.7 Å². The quantitative estimate of drug-likeness (QED) is 0.872. The van der Waals surface area contributed by atoms with E-state index in [1.165, 1.54) is 4.90 Å². The lowest BCUT2D eigenvalue weighted by atomic mass is 10.3. The number of hydrogen-bond donors (Lipinski definition) is 1. The SMILES string of the molecule is CCCN(CC(=O)Nc1ccc(Cl)cc1)C(=O)c1cc(C)n(C)n1. The largest absolute Gasteiger partial charge is 0.328 e. The van der Waals surface area contributed by atoms with Gasteiger partial charge in [-0.2, -0.15) is 5.10 Å². The second-order valence-corrected chi connectivity index (χ2v) is 6.01. The number of carbonyl (C=O) groups excluding carboxylic acids is 2. The molecule has 2 rings (SSSR count). The predicted octanol–water partition coefficient (Wildman–Crippen LogP) is 2.87. The number of rotatable bonds is 6. The lowest BCUT2D eigenvalue weighted by Gasteiger charge is -2.20. The maximum Gasteiger partial charge on any atom is 0.274 e. The first-order valence-electron chi connectivity index (χ1n) is 7.76. The zero-order valence-corrected chi connectivity index (χ0v) is 14.8. The van der Waals surface area contributed by atoms with Gasteiger partial charge in [-0.3, -0.25) is 14.3 Å². The number of benzene rings is 1. The zero-order chi connectivity index (χ0) is 17.7. The van der Waals surface area contributed by atoms with Crippen LogP contribution in [0.15, 0.2) is 30.3 Å². The van der Waals surface area contributed by atoms with Gasteiger partial charge in [0.25, 0.3) is 5.91 Å². The van der Waals surface area contributed by atoms with Crippen molar-refractivity contribution in [2.24, 2.45) is 7.05 Å². The Bertz CT molecular complexity index is 705. The number of hydrogen-bond acceptors (Lipinski definition) is 3. The van der Waals surface area contributed by atoms with Crippen LogP contribution >= 0.6 is 11.6 Å². The molecule has 2 amide bonds. The fraction of sp³-hybridized carbons (Fsp3) is 0.353. The van der Waals surface area contributed by atoms with E-state index in [0.29, 0.717) is 22.9 Å². The molecule has 0 spiro atoms. The van der Waals surface area contributed by atoms with Gasteiger partial charge in [-0.15, -0.1) is 0 Å². The van der Waals surface area contributed by atoms with E-state index >= 15 is 0 Å². The fourth-order valence-corrected chi connectivity index (χ4v) is 2.38. The van der Waals surface area contributed by atoms with Gasteiger partial charge in [-0.1, -0.05) is 18.5 Å². The molecule has 128 valence electrons. The number of aryl methyl sites for hydroxylation is 2. The van der Waals surface area contributed by atoms with E-state index in [9.17, 15) is 9.59 Å². The molecule has 0 radical (unpaired) electrons. The van der Waals surface area contributed by atoms with Crippen LogP contribution in [0, 0.1) is 6.92 Å². The Morgan fingerprint density at radius 1 is 1.29 bits per heavy atom. The molecule has 0 saturated heterocycles. The monoisotopic (exact) mass is 348 g/mol. The summed E-state index contributed by atoms with van der Waals surface area (Å²) in [5.41, 5.74) is 1.88. The van der Waals surface area contributed by atoms with Gasteiger partial charge in [0, 0.05) is 30.0 Å². The minimum absolute atomic E-state index is 0.0229. The van der Waals surface area contributed by atoms with Crippen molar-refractivity contribution < 1.29 is 9.59 Å². The number of halogens is 1. The van der Waals surface area contributed by atoms with Crippen LogP contribution in [-0.4, -0.2) is 39.6 Å². The van der Waals surface area contributed by atoms with E-state index in [-0.39, 0.29) is 18.4 Å². The van der Waals surface area contributed by atoms with Gasteiger partial charge in [0.1, 0.15) is 6.54 Å². The minimum Gasteiger partial charge on any atom is -0.328 e. The molecule has 0 fully saturated rings. The molecule has 0 aliphatic heterocycles. The smallest absolute Gasteiger partial charge is 0.274 e. The number of anilines is 1. The number of carbonyl (C=O) groups is 2. The van der Waals surface area contributed by atoms with E-state index in [2.05, 4.69) is 10.4 Å². The number of aromatic nitrogens is 2. The van der Waals surface area contributed by atoms with Gasteiger partial charge in [0.15, 0.2) is 5.69 Å². The summed E-state index contributed by atoms with van der Waals surface area (Å²) < 4.78 is 1.64. The van der Waals surface area contributed by atoms with E-state index in [0.717, 1.165) is 12.1 Å². The van der Waals surface area contributed by atoms with Crippen LogP contribution < -0.4 is 5.32 Å². The number of amides is 2. The highest BCUT2D eigenvalue weighted by molar-refractivity contribution is 6.30. The molecule has 0 aliphatic rings. The van der Waals surface area contributed by atoms with Gasteiger partial charge < -0.3 is 10.2 Å². The molecule has 0 saturated carbocycles. The maximum atomic E-state index is 12.6. The van der Waals surface area contributed by atoms with Crippen LogP contribution in [0.4, 0.5) is 5.69 Å². The molecule has 6 nitrogen and oxygen atoms in total. The second kappa shape index (κ2) is 7.97. The maximum absolute atomic E-state index is 12.6. The van der Waals surface area contributed by atoms with Crippen molar-refractivity contribution in [2.45, 2.75) is 20.3 Å². The highest BCUT2D eigenvalue weighted by Gasteiger charge is 2.21. The summed E-state index contributed by atoms with van der Waals surface area (Å²) in [6, 6.07) is 8.55. The van der Waals surface area contributed by atoms with E-state index in [1.54, 1.807) is 42.1 Å². The first-order valence-corrected chi connectivity index (χ1v) is 8.14. The second-order valence-electron chi connectivity index (χ2n) is 5.58. The Balaban J connectivity index is 2.05. The van der Waals surface area contributed by atoms with Crippen molar-refractivity contribution in [1.82, 2.24) is 14.7 Å². The van der Waals surface area contributed by atoms with Crippen LogP contribution in [0.2, 0.25) is 5.02 Å². The van der Waals surface area contributed by atoms with Gasteiger partial charge in [0.05, 0.1) is 0 Å². The van der Waals surface area contributed by atoms with Gasteiger partial charge in [0.2, 0.25) is 5.91 Å². The third kappa shape index (κ3) is 4.58. The molecular formula is C17H21ClN4O2. The van der Waals surface area contributed by atoms with Crippen LogP contribution in [0.25, 0.3) is 0 Å². The lowest BCUT2D eigenvalue weighted by molar-refractivity contribution is -0.116. The summed E-state index contributed by atoms with van der Waals surface area (Å²) in [5.74, 6) is -0.501. The Morgan fingerprint density at radius 3 is 2.50 bits per heavy atom. The lowest BCUT2D eigenvalue weighted by Crippen LogP contribution is -2.38. The van der Waals surface area contributed by atoms with Crippen molar-refractivity contribution >= 4 is 29.1 Å². The van der Waals surface area contributed by atoms with E-state index < -0.39 is 0 Å². The Kier molecular flexibility index (Phi) is 5.98. The van der Waals surface area contributed by atoms with Crippen LogP contribution in [0.5, 0.6) is 0 Å². The summed E-state index contributed by atoms with van der Waals surface area (Å²) in [6.07, 6.45) is 0.756. The molecular weight excluding hydrogens is 328 g/mol. The molecule has 0 unspecified atom stereocenters. The molecule has 1 N–H and O–H groups in total. The number of nitrogens with one attached hydrogen (secondary N) is 1. The standard InChI is InChI=1S/C17H21ClN4O2/c1-4-9-22(17(24)15-10-12(2)21(3)20-15)11-16(23)19-14-7-5-13(18)6-8-14/h5-8,10H,4,9,11H2,1-3H3,(H,19,23). The summed E-state index contributed by atoms with van der Waals surface area (Å²) in [6.45, 7) is 4.30. The topological polar surface area (TPSA) is 67.2 Å². The van der Waals surface area contributed by atoms with Gasteiger partial charge in [-0.05, 0) is 43.7 Å². The van der Waals surface area contributed by atoms with Gasteiger partial charge in [-0.25, -0.2) is 0 Å². The Morgan fingerprint density at radius 2 is 1.96 bits per heavy atom. The normalized spacial score (nSPS) is 10.5. The van der Waals surface area contributed by atoms with Crippen molar-refractivity contribution in [2.75, 3.05) is 18.4 Å². The average molecular weight is 349 g/mol. The highest BCUT2D eigenvalue weighted by atomic mass is 35.5. The number of nitrogens with zero attached hydrogens (tertiary/aromatic N) is 3. The van der Waals surface area contributed by atoms with Crippen molar-refractivity contribution in [3.8, 4) is 0 Å². The first-order chi connectivity index (χ1) is 11.4. The molecule has 1 aromatic heterocycles. The van der Waals surface area contributed by atoms with E-state index in [4.69, 9.17) is 11.6 Å². The Hall–Kier alpha value is -2.34. The summed E-state index contributed by atoms with van der Waals surface area (Å²) in [4.78, 5) is 26.3. The third-order valence-electron chi connectivity index (χ3n) is 3.58. The van der Waals surface area contributed by atoms with Gasteiger partial charge >= 0.3 is 0 Å². The van der Waals surface area contributed by atoms with Crippen molar-refractivity contribution in [3.63, 3.8) is 0 Å². The molecule has 2 aromatic rings. The van der Waals surface area contributed by atoms with Crippen molar-refractivity contribution in [1.29, 1.82) is 0 Å². The molecule has 0 atom stereocenters. The summed E-state index contributed by atoms with van der Waals surface area (Å²) >= 11 is 5.82. The van der Waals surface area contributed by atoms with Crippen LogP contribution in [0.3, 0.4) is 0 Å². The van der Waals surface area contributed by atoms with E-state index in [1.807, 2.05) is 13.8 Å². The zero-order valence-electron chi connectivity index (χ0n) is 14.0. The highest BCUT2D eigenvalue weighted by Crippen LogP contribution is 2.13. The van der Waals surface area contributed by atoms with Crippen LogP contribution in [0.1, 0.15) is 29.5 Å². The minimum atomic E-state index is -0.258. The molecule has 7 heteroatoms. The molecule has 24 heavy (non-hydrogen) atoms. The molecule has 0 aliphatic carbocycles. The average Bonchev–Trinajstić information content (AvgIpc) is 2.88. The summed E-state index contributed by atoms with van der Waals surface area (Å²) in [7, 11) is 1.78.